The van der Waals surface area contributed by atoms with Crippen molar-refractivity contribution < 1.29 is 49.3 Å². The van der Waals surface area contributed by atoms with E-state index in [0.717, 1.165) is 0 Å². The van der Waals surface area contributed by atoms with Gasteiger partial charge >= 0.3 is 0 Å². The first kappa shape index (κ1) is 20.3. The molecule has 0 aromatic heterocycles. The lowest BCUT2D eigenvalue weighted by atomic mass is 9.63. The molecule has 10 nitrogen and oxygen atoms in total. The molecule has 0 saturated carbocycles. The average Bonchev–Trinajstić information content (AvgIpc) is 3.09. The third kappa shape index (κ3) is 2.15. The first-order valence-electron chi connectivity index (χ1n) is 10.6. The third-order valence-electron chi connectivity index (χ3n) is 7.52. The Morgan fingerprint density at radius 1 is 0.906 bits per heavy atom. The molecule has 4 heterocycles. The van der Waals surface area contributed by atoms with Crippen molar-refractivity contribution in [1.29, 1.82) is 0 Å². The number of hydrogen-bond donors (Lipinski definition) is 5. The number of aliphatic hydroxyl groups excluding tert-OH is 2. The maximum absolute atomic E-state index is 13.6. The van der Waals surface area contributed by atoms with E-state index in [-0.39, 0.29) is 35.1 Å². The lowest BCUT2D eigenvalue weighted by Crippen LogP contribution is -2.66. The second-order valence-electron chi connectivity index (χ2n) is 9.13. The van der Waals surface area contributed by atoms with Gasteiger partial charge in [0, 0.05) is 35.1 Å². The Morgan fingerprint density at radius 2 is 1.56 bits per heavy atom. The summed E-state index contributed by atoms with van der Waals surface area (Å²) in [5, 5.41) is 54.0. The van der Waals surface area contributed by atoms with Crippen molar-refractivity contribution in [3.8, 4) is 11.5 Å². The fraction of sp³-hybridized carbons (Fsp3) is 0.545. The van der Waals surface area contributed by atoms with Gasteiger partial charge in [-0.15, -0.1) is 0 Å². The van der Waals surface area contributed by atoms with Crippen molar-refractivity contribution in [2.45, 2.75) is 75.2 Å². The molecule has 2 saturated heterocycles. The van der Waals surface area contributed by atoms with Crippen LogP contribution in [-0.2, 0) is 14.2 Å². The predicted octanol–water partition coefficient (Wildman–Crippen LogP) is 0.296. The Labute approximate surface area is 181 Å². The van der Waals surface area contributed by atoms with Crippen LogP contribution in [0.4, 0.5) is 0 Å². The van der Waals surface area contributed by atoms with Gasteiger partial charge in [-0.05, 0) is 13.8 Å². The van der Waals surface area contributed by atoms with Crippen molar-refractivity contribution in [2.24, 2.45) is 0 Å². The van der Waals surface area contributed by atoms with Crippen molar-refractivity contribution in [3.63, 3.8) is 0 Å². The predicted molar refractivity (Wildman–Crippen MR) is 103 cm³/mol. The molecule has 32 heavy (non-hydrogen) atoms. The van der Waals surface area contributed by atoms with Crippen LogP contribution in [0.5, 0.6) is 11.5 Å². The number of fused-ring (bicyclic) bond motifs is 6. The van der Waals surface area contributed by atoms with Gasteiger partial charge in [-0.1, -0.05) is 0 Å². The van der Waals surface area contributed by atoms with Gasteiger partial charge in [0.05, 0.1) is 41.6 Å². The summed E-state index contributed by atoms with van der Waals surface area (Å²) in [4.78, 5) is 27.2. The standard InChI is InChI=1S/C22H22O10/c1-5-11-15(21-8(30-5)4-10(24)32-21)19(27)13-14(17(11)25)20(28)16-12(18(13)26)7-3-9(23)22(16,29)6(2)31-7/h5-10,21,23-25,27,29H,3-4H2,1-2H3/t5-,6?,7?,8-,9?,10?,21+,22?/m0/s1. The molecular weight excluding hydrogens is 424 g/mol. The van der Waals surface area contributed by atoms with Crippen molar-refractivity contribution in [1.82, 2.24) is 0 Å². The first-order chi connectivity index (χ1) is 15.1. The van der Waals surface area contributed by atoms with E-state index in [2.05, 4.69) is 0 Å². The van der Waals surface area contributed by atoms with Crippen LogP contribution in [-0.4, -0.2) is 73.4 Å². The fourth-order valence-electron chi connectivity index (χ4n) is 6.06. The summed E-state index contributed by atoms with van der Waals surface area (Å²) >= 11 is 0. The Kier molecular flexibility index (Phi) is 3.90. The third-order valence-corrected chi connectivity index (χ3v) is 7.52. The number of Topliss-reactive ketones (excluding diaryl/α,β-unsaturated/α-hetero) is 2. The Bertz CT molecular complexity index is 1120. The van der Waals surface area contributed by atoms with Crippen LogP contribution < -0.4 is 0 Å². The number of aromatic hydroxyl groups is 2. The molecule has 7 rings (SSSR count). The van der Waals surface area contributed by atoms with Gasteiger partial charge in [0.15, 0.2) is 17.9 Å². The molecule has 0 spiro atoms. The van der Waals surface area contributed by atoms with Crippen molar-refractivity contribution in [3.05, 3.63) is 33.4 Å². The van der Waals surface area contributed by atoms with E-state index in [1.54, 1.807) is 6.92 Å². The monoisotopic (exact) mass is 446 g/mol. The number of ether oxygens (including phenoxy) is 3. The highest BCUT2D eigenvalue weighted by Gasteiger charge is 2.62. The minimum atomic E-state index is -2.13. The molecule has 170 valence electrons. The molecule has 2 fully saturated rings. The van der Waals surface area contributed by atoms with E-state index >= 15 is 0 Å². The second-order valence-corrected chi connectivity index (χ2v) is 9.13. The van der Waals surface area contributed by atoms with Crippen LogP contribution in [0.1, 0.15) is 70.7 Å². The summed E-state index contributed by atoms with van der Waals surface area (Å²) in [5.74, 6) is -2.70. The molecule has 0 radical (unpaired) electrons. The molecule has 2 bridgehead atoms. The van der Waals surface area contributed by atoms with Crippen molar-refractivity contribution >= 4 is 11.6 Å². The zero-order valence-corrected chi connectivity index (χ0v) is 17.2. The van der Waals surface area contributed by atoms with Crippen molar-refractivity contribution in [2.75, 3.05) is 0 Å². The Hall–Kier alpha value is -2.34. The number of carbonyl (C=O) groups is 2. The van der Waals surface area contributed by atoms with Gasteiger partial charge in [0.25, 0.3) is 0 Å². The number of carbonyl (C=O) groups excluding carboxylic acids is 2. The van der Waals surface area contributed by atoms with Crippen LogP contribution >= 0.6 is 0 Å². The highest BCUT2D eigenvalue weighted by atomic mass is 16.6. The molecule has 2 aliphatic carbocycles. The maximum Gasteiger partial charge on any atom is 0.197 e. The SMILES string of the molecule is CC1OC2CC(O)C1(O)C1=C2C(=O)c2c(O)c3c(c(O)c2C1=O)[C@H](C)O[C@H]1CC(O)O[C@@H]31. The number of benzene rings is 1. The van der Waals surface area contributed by atoms with E-state index in [1.807, 2.05) is 0 Å². The number of phenolic OH excluding ortho intramolecular Hbond substituents is 2. The van der Waals surface area contributed by atoms with Crippen LogP contribution in [0.25, 0.3) is 0 Å². The number of ketones is 2. The highest BCUT2D eigenvalue weighted by molar-refractivity contribution is 6.30. The van der Waals surface area contributed by atoms with E-state index < -0.39 is 82.7 Å². The van der Waals surface area contributed by atoms with E-state index in [9.17, 15) is 35.1 Å². The first-order valence-corrected chi connectivity index (χ1v) is 10.6. The number of aliphatic hydroxyl groups is 3. The minimum absolute atomic E-state index is 0.0830. The topological polar surface area (TPSA) is 163 Å². The minimum Gasteiger partial charge on any atom is -0.507 e. The molecule has 10 heteroatoms. The van der Waals surface area contributed by atoms with Crippen LogP contribution in [0.3, 0.4) is 0 Å². The Balaban J connectivity index is 1.63. The number of phenols is 2. The Morgan fingerprint density at radius 3 is 2.25 bits per heavy atom. The van der Waals surface area contributed by atoms with Crippen LogP contribution in [0, 0.1) is 0 Å². The van der Waals surface area contributed by atoms with Crippen LogP contribution in [0.15, 0.2) is 11.1 Å². The smallest absolute Gasteiger partial charge is 0.197 e. The zero-order chi connectivity index (χ0) is 22.9. The molecule has 5 unspecified atom stereocenters. The summed E-state index contributed by atoms with van der Waals surface area (Å²) in [6, 6.07) is 0. The maximum atomic E-state index is 13.6. The lowest BCUT2D eigenvalue weighted by Gasteiger charge is -2.52. The molecular formula is C22H22O10. The van der Waals surface area contributed by atoms with E-state index in [0.29, 0.717) is 0 Å². The summed E-state index contributed by atoms with van der Waals surface area (Å²) in [7, 11) is 0. The van der Waals surface area contributed by atoms with Gasteiger partial charge in [0.1, 0.15) is 23.2 Å². The molecule has 1 aromatic rings. The highest BCUT2D eigenvalue weighted by Crippen LogP contribution is 2.57. The van der Waals surface area contributed by atoms with E-state index in [1.165, 1.54) is 6.92 Å². The number of rotatable bonds is 0. The second kappa shape index (κ2) is 6.16. The average molecular weight is 446 g/mol. The molecule has 8 atom stereocenters. The van der Waals surface area contributed by atoms with Gasteiger partial charge in [-0.25, -0.2) is 0 Å². The van der Waals surface area contributed by atoms with E-state index in [4.69, 9.17) is 14.2 Å². The lowest BCUT2D eigenvalue weighted by molar-refractivity contribution is -0.207. The molecule has 1 aromatic carbocycles. The number of hydrogen-bond acceptors (Lipinski definition) is 10. The van der Waals surface area contributed by atoms with Gasteiger partial charge < -0.3 is 39.7 Å². The van der Waals surface area contributed by atoms with Gasteiger partial charge in [-0.3, -0.25) is 9.59 Å². The van der Waals surface area contributed by atoms with Gasteiger partial charge in [-0.2, -0.15) is 0 Å². The molecule has 4 aliphatic heterocycles. The summed E-state index contributed by atoms with van der Waals surface area (Å²) in [6.07, 6.45) is -6.63. The largest absolute Gasteiger partial charge is 0.507 e. The summed E-state index contributed by atoms with van der Waals surface area (Å²) < 4.78 is 17.0. The summed E-state index contributed by atoms with van der Waals surface area (Å²) in [5.41, 5.74) is -3.21. The van der Waals surface area contributed by atoms with Crippen LogP contribution in [0.2, 0.25) is 0 Å². The fourth-order valence-corrected chi connectivity index (χ4v) is 6.06. The quantitative estimate of drug-likeness (QED) is 0.350. The normalized spacial score (nSPS) is 42.0. The zero-order valence-electron chi connectivity index (χ0n) is 17.2. The molecule has 6 aliphatic rings. The molecule has 0 amide bonds. The van der Waals surface area contributed by atoms with Gasteiger partial charge in [0.2, 0.25) is 0 Å². The molecule has 5 N–H and O–H groups in total. The summed E-state index contributed by atoms with van der Waals surface area (Å²) in [6.45, 7) is 3.11.